The normalized spacial score (nSPS) is 15.0. The van der Waals surface area contributed by atoms with Crippen molar-refractivity contribution in [2.75, 3.05) is 6.61 Å². The van der Waals surface area contributed by atoms with Gasteiger partial charge in [0.15, 0.2) is 0 Å². The van der Waals surface area contributed by atoms with Crippen LogP contribution in [-0.2, 0) is 12.8 Å². The molecule has 0 aliphatic heterocycles. The van der Waals surface area contributed by atoms with E-state index in [0.717, 1.165) is 17.7 Å². The molecule has 3 rings (SSSR count). The Balaban J connectivity index is 1.85. The zero-order chi connectivity index (χ0) is 14.7. The van der Waals surface area contributed by atoms with Gasteiger partial charge in [0.05, 0.1) is 18.8 Å². The summed E-state index contributed by atoms with van der Waals surface area (Å²) in [5.74, 6) is 6.60. The maximum atomic E-state index is 5.79. The molecule has 2 aromatic rings. The van der Waals surface area contributed by atoms with Gasteiger partial charge in [-0.25, -0.2) is 5.43 Å². The highest BCUT2D eigenvalue weighted by Crippen LogP contribution is 2.36. The van der Waals surface area contributed by atoms with Crippen molar-refractivity contribution in [3.05, 3.63) is 45.4 Å². The number of hydrogen-bond donors (Lipinski definition) is 2. The van der Waals surface area contributed by atoms with Crippen LogP contribution in [0.25, 0.3) is 0 Å². The number of hydrazine groups is 1. The molecule has 21 heavy (non-hydrogen) atoms. The van der Waals surface area contributed by atoms with Crippen LogP contribution in [-0.4, -0.2) is 11.6 Å². The predicted octanol–water partition coefficient (Wildman–Crippen LogP) is 2.97. The topological polar surface area (TPSA) is 60.2 Å². The first-order valence-electron chi connectivity index (χ1n) is 7.47. The summed E-state index contributed by atoms with van der Waals surface area (Å²) in [6, 6.07) is 4.30. The fourth-order valence-corrected chi connectivity index (χ4v) is 4.08. The first kappa shape index (κ1) is 14.5. The fraction of sp³-hybridized carbons (Fsp3) is 0.438. The number of nitrogens with one attached hydrogen (secondary N) is 1. The quantitative estimate of drug-likeness (QED) is 0.636. The van der Waals surface area contributed by atoms with E-state index in [2.05, 4.69) is 23.4 Å². The molecule has 2 aromatic heterocycles. The van der Waals surface area contributed by atoms with Crippen molar-refractivity contribution < 1.29 is 4.74 Å². The highest BCUT2D eigenvalue weighted by atomic mass is 32.1. The molecule has 4 nitrogen and oxygen atoms in total. The number of nitrogens with zero attached hydrogens (tertiary/aromatic N) is 1. The van der Waals surface area contributed by atoms with Gasteiger partial charge in [0.2, 0.25) is 0 Å². The summed E-state index contributed by atoms with van der Waals surface area (Å²) in [7, 11) is 0. The fourth-order valence-electron chi connectivity index (χ4n) is 2.73. The lowest BCUT2D eigenvalue weighted by molar-refractivity contribution is 0.315. The van der Waals surface area contributed by atoms with Gasteiger partial charge < -0.3 is 4.74 Å². The number of nitrogens with two attached hydrogens (primary N) is 1. The number of thiophene rings is 1. The maximum Gasteiger partial charge on any atom is 0.137 e. The molecule has 1 atom stereocenters. The van der Waals surface area contributed by atoms with Crippen molar-refractivity contribution >= 4 is 11.3 Å². The van der Waals surface area contributed by atoms with Crippen molar-refractivity contribution in [1.82, 2.24) is 10.4 Å². The second-order valence-corrected chi connectivity index (χ2v) is 6.52. The Morgan fingerprint density at radius 2 is 2.29 bits per heavy atom. The zero-order valence-electron chi connectivity index (χ0n) is 12.3. The lowest BCUT2D eigenvalue weighted by atomic mass is 10.1. The molecule has 1 aliphatic rings. The number of aromatic nitrogens is 1. The molecule has 0 spiro atoms. The minimum Gasteiger partial charge on any atom is -0.492 e. The zero-order valence-corrected chi connectivity index (χ0v) is 13.1. The van der Waals surface area contributed by atoms with Crippen molar-refractivity contribution in [2.24, 2.45) is 5.84 Å². The molecular formula is C16H21N3OS. The summed E-state index contributed by atoms with van der Waals surface area (Å²) >= 11 is 1.86. The molecule has 0 radical (unpaired) electrons. The Bertz CT molecular complexity index is 590. The first-order valence-corrected chi connectivity index (χ1v) is 8.28. The van der Waals surface area contributed by atoms with E-state index >= 15 is 0 Å². The Morgan fingerprint density at radius 1 is 1.38 bits per heavy atom. The molecule has 0 bridgehead atoms. The molecule has 3 N–H and O–H groups in total. The van der Waals surface area contributed by atoms with Crippen LogP contribution < -0.4 is 16.0 Å². The average molecular weight is 303 g/mol. The molecule has 0 amide bonds. The van der Waals surface area contributed by atoms with E-state index in [9.17, 15) is 0 Å². The van der Waals surface area contributed by atoms with Crippen molar-refractivity contribution in [2.45, 2.75) is 38.6 Å². The van der Waals surface area contributed by atoms with Crippen molar-refractivity contribution in [3.63, 3.8) is 0 Å². The lowest BCUT2D eigenvalue weighted by Crippen LogP contribution is -2.28. The third kappa shape index (κ3) is 3.10. The second kappa shape index (κ2) is 6.56. The third-order valence-corrected chi connectivity index (χ3v) is 5.06. The van der Waals surface area contributed by atoms with Gasteiger partial charge in [-0.1, -0.05) is 6.92 Å². The Morgan fingerprint density at radius 3 is 3.05 bits per heavy atom. The van der Waals surface area contributed by atoms with Crippen LogP contribution in [0, 0.1) is 0 Å². The number of pyridine rings is 1. The van der Waals surface area contributed by atoms with Crippen LogP contribution in [0.1, 0.15) is 46.7 Å². The van der Waals surface area contributed by atoms with Gasteiger partial charge in [-0.3, -0.25) is 10.8 Å². The van der Waals surface area contributed by atoms with Crippen molar-refractivity contribution in [3.8, 4) is 5.75 Å². The SMILES string of the molecule is CCCOc1cncc(C(NN)c2cc3c(s2)CCC3)c1. The summed E-state index contributed by atoms with van der Waals surface area (Å²) in [4.78, 5) is 7.05. The summed E-state index contributed by atoms with van der Waals surface area (Å²) in [5, 5.41) is 0. The molecule has 0 saturated carbocycles. The van der Waals surface area contributed by atoms with Gasteiger partial charge in [-0.05, 0) is 48.9 Å². The summed E-state index contributed by atoms with van der Waals surface area (Å²) in [6.45, 7) is 2.80. The van der Waals surface area contributed by atoms with E-state index in [1.54, 1.807) is 6.20 Å². The Hall–Kier alpha value is -1.43. The summed E-state index contributed by atoms with van der Waals surface area (Å²) < 4.78 is 5.66. The summed E-state index contributed by atoms with van der Waals surface area (Å²) in [5.41, 5.74) is 5.46. The van der Waals surface area contributed by atoms with Gasteiger partial charge >= 0.3 is 0 Å². The Labute approximate surface area is 129 Å². The van der Waals surface area contributed by atoms with E-state index in [-0.39, 0.29) is 6.04 Å². The number of aryl methyl sites for hydroxylation is 2. The smallest absolute Gasteiger partial charge is 0.137 e. The van der Waals surface area contributed by atoms with E-state index in [0.29, 0.717) is 6.61 Å². The van der Waals surface area contributed by atoms with Crippen molar-refractivity contribution in [1.29, 1.82) is 0 Å². The standard InChI is InChI=1S/C16H21N3OS/c1-2-6-20-13-7-12(9-18-10-13)16(19-17)15-8-11-4-3-5-14(11)21-15/h7-10,16,19H,2-6,17H2,1H3. The van der Waals surface area contributed by atoms with Crippen LogP contribution in [0.3, 0.4) is 0 Å². The maximum absolute atomic E-state index is 5.79. The highest BCUT2D eigenvalue weighted by Gasteiger charge is 2.21. The molecule has 2 heterocycles. The second-order valence-electron chi connectivity index (χ2n) is 5.35. The molecule has 0 aromatic carbocycles. The molecule has 1 unspecified atom stereocenters. The van der Waals surface area contributed by atoms with Crippen LogP contribution in [0.15, 0.2) is 24.5 Å². The third-order valence-electron chi connectivity index (χ3n) is 3.76. The molecular weight excluding hydrogens is 282 g/mol. The molecule has 5 heteroatoms. The van der Waals surface area contributed by atoms with Crippen LogP contribution in [0.5, 0.6) is 5.75 Å². The van der Waals surface area contributed by atoms with Crippen LogP contribution in [0.2, 0.25) is 0 Å². The molecule has 0 saturated heterocycles. The first-order chi connectivity index (χ1) is 10.3. The van der Waals surface area contributed by atoms with Crippen LogP contribution >= 0.6 is 11.3 Å². The monoisotopic (exact) mass is 303 g/mol. The highest BCUT2D eigenvalue weighted by molar-refractivity contribution is 7.12. The number of hydrogen-bond acceptors (Lipinski definition) is 5. The van der Waals surface area contributed by atoms with Crippen LogP contribution in [0.4, 0.5) is 0 Å². The number of ether oxygens (including phenoxy) is 1. The molecule has 1 aliphatic carbocycles. The largest absolute Gasteiger partial charge is 0.492 e. The minimum absolute atomic E-state index is 0.0155. The minimum atomic E-state index is -0.0155. The average Bonchev–Trinajstić information content (AvgIpc) is 3.08. The van der Waals surface area contributed by atoms with Gasteiger partial charge in [0, 0.05) is 16.0 Å². The van der Waals surface area contributed by atoms with E-state index in [4.69, 9.17) is 10.6 Å². The number of rotatable bonds is 6. The van der Waals surface area contributed by atoms with Gasteiger partial charge in [0.25, 0.3) is 0 Å². The predicted molar refractivity (Wildman–Crippen MR) is 85.5 cm³/mol. The molecule has 112 valence electrons. The Kier molecular flexibility index (Phi) is 4.53. The van der Waals surface area contributed by atoms with E-state index < -0.39 is 0 Å². The molecule has 0 fully saturated rings. The summed E-state index contributed by atoms with van der Waals surface area (Å²) in [6.07, 6.45) is 8.27. The van der Waals surface area contributed by atoms with Gasteiger partial charge in [-0.2, -0.15) is 0 Å². The van der Waals surface area contributed by atoms with E-state index in [1.165, 1.54) is 34.6 Å². The van der Waals surface area contributed by atoms with Gasteiger partial charge in [0.1, 0.15) is 5.75 Å². The van der Waals surface area contributed by atoms with E-state index in [1.807, 2.05) is 23.6 Å². The van der Waals surface area contributed by atoms with Gasteiger partial charge in [-0.15, -0.1) is 11.3 Å². The number of fused-ring (bicyclic) bond motifs is 1. The lowest BCUT2D eigenvalue weighted by Gasteiger charge is -2.15.